The SMILES string of the molecule is CCS(=O)(=O)c1ccc(NC(=O)Nc2cc(-c3nc(C(C)(C)C)[nH]c3-c3ccncc3)ccc2F)cc1. The molecule has 4 rings (SSSR count). The Hall–Kier alpha value is -4.05. The molecule has 3 N–H and O–H groups in total. The van der Waals surface area contributed by atoms with Crippen LogP contribution in [0.2, 0.25) is 0 Å². The summed E-state index contributed by atoms with van der Waals surface area (Å²) in [4.78, 5) is 25.0. The molecule has 0 atom stereocenters. The molecule has 2 aromatic heterocycles. The topological polar surface area (TPSA) is 117 Å². The molecule has 2 heterocycles. The quantitative estimate of drug-likeness (QED) is 0.287. The van der Waals surface area contributed by atoms with Gasteiger partial charge in [-0.3, -0.25) is 4.98 Å². The van der Waals surface area contributed by atoms with E-state index < -0.39 is 21.7 Å². The Labute approximate surface area is 215 Å². The fraction of sp³-hybridized carbons (Fsp3) is 0.222. The van der Waals surface area contributed by atoms with E-state index in [1.54, 1.807) is 25.4 Å². The molecular formula is C27H28FN5O3S. The highest BCUT2D eigenvalue weighted by Crippen LogP contribution is 2.34. The van der Waals surface area contributed by atoms with Gasteiger partial charge in [0.25, 0.3) is 0 Å². The average molecular weight is 522 g/mol. The molecule has 10 heteroatoms. The molecule has 0 saturated carbocycles. The predicted molar refractivity (Wildman–Crippen MR) is 143 cm³/mol. The van der Waals surface area contributed by atoms with Gasteiger partial charge in [0.15, 0.2) is 9.84 Å². The van der Waals surface area contributed by atoms with Crippen LogP contribution in [0.5, 0.6) is 0 Å². The summed E-state index contributed by atoms with van der Waals surface area (Å²) in [6.07, 6.45) is 3.37. The van der Waals surface area contributed by atoms with Crippen molar-refractivity contribution in [1.82, 2.24) is 15.0 Å². The van der Waals surface area contributed by atoms with E-state index in [1.807, 2.05) is 32.9 Å². The summed E-state index contributed by atoms with van der Waals surface area (Å²) >= 11 is 0. The largest absolute Gasteiger partial charge is 0.341 e. The first kappa shape index (κ1) is 26.0. The van der Waals surface area contributed by atoms with Crippen LogP contribution < -0.4 is 10.6 Å². The number of nitrogens with zero attached hydrogens (tertiary/aromatic N) is 2. The van der Waals surface area contributed by atoms with E-state index in [2.05, 4.69) is 20.6 Å². The van der Waals surface area contributed by atoms with Gasteiger partial charge < -0.3 is 15.6 Å². The fourth-order valence-corrected chi connectivity index (χ4v) is 4.51. The van der Waals surface area contributed by atoms with Gasteiger partial charge >= 0.3 is 6.03 Å². The number of benzene rings is 2. The number of pyridine rings is 1. The lowest BCUT2D eigenvalue weighted by Crippen LogP contribution is -2.20. The van der Waals surface area contributed by atoms with E-state index in [-0.39, 0.29) is 21.8 Å². The van der Waals surface area contributed by atoms with Crippen LogP contribution in [-0.2, 0) is 15.3 Å². The second-order valence-electron chi connectivity index (χ2n) is 9.50. The molecule has 4 aromatic rings. The number of hydrogen-bond acceptors (Lipinski definition) is 5. The molecule has 37 heavy (non-hydrogen) atoms. The zero-order valence-electron chi connectivity index (χ0n) is 21.0. The molecule has 0 aliphatic carbocycles. The number of carbonyl (C=O) groups excluding carboxylic acids is 1. The van der Waals surface area contributed by atoms with Gasteiger partial charge in [-0.05, 0) is 54.6 Å². The summed E-state index contributed by atoms with van der Waals surface area (Å²) in [6.45, 7) is 7.68. The zero-order valence-corrected chi connectivity index (χ0v) is 21.8. The molecule has 192 valence electrons. The summed E-state index contributed by atoms with van der Waals surface area (Å²) < 4.78 is 38.6. The van der Waals surface area contributed by atoms with Crippen LogP contribution in [0.25, 0.3) is 22.5 Å². The average Bonchev–Trinajstić information content (AvgIpc) is 3.32. The molecule has 0 aliphatic rings. The summed E-state index contributed by atoms with van der Waals surface area (Å²) in [6, 6.07) is 13.2. The second kappa shape index (κ2) is 10.1. The minimum Gasteiger partial charge on any atom is -0.341 e. The molecule has 8 nitrogen and oxygen atoms in total. The molecule has 2 aromatic carbocycles. The highest BCUT2D eigenvalue weighted by atomic mass is 32.2. The number of anilines is 2. The van der Waals surface area contributed by atoms with Gasteiger partial charge in [0.1, 0.15) is 11.6 Å². The van der Waals surface area contributed by atoms with Crippen molar-refractivity contribution in [3.05, 3.63) is 78.6 Å². The molecule has 0 radical (unpaired) electrons. The summed E-state index contributed by atoms with van der Waals surface area (Å²) in [5.74, 6) is 0.131. The number of carbonyl (C=O) groups is 1. The Morgan fingerprint density at radius 3 is 2.27 bits per heavy atom. The van der Waals surface area contributed by atoms with Crippen LogP contribution >= 0.6 is 0 Å². The normalized spacial score (nSPS) is 11.8. The lowest BCUT2D eigenvalue weighted by atomic mass is 9.96. The van der Waals surface area contributed by atoms with Crippen LogP contribution in [0.4, 0.5) is 20.6 Å². The number of aromatic nitrogens is 3. The van der Waals surface area contributed by atoms with Crippen molar-refractivity contribution in [3.63, 3.8) is 0 Å². The maximum Gasteiger partial charge on any atom is 0.323 e. The summed E-state index contributed by atoms with van der Waals surface area (Å²) in [5.41, 5.74) is 2.95. The van der Waals surface area contributed by atoms with Crippen LogP contribution in [-0.4, -0.2) is 35.2 Å². The third-order valence-corrected chi connectivity index (χ3v) is 7.47. The Balaban J connectivity index is 1.61. The molecule has 0 bridgehead atoms. The molecule has 0 aliphatic heterocycles. The molecule has 0 fully saturated rings. The first-order chi connectivity index (χ1) is 17.5. The molecule has 0 unspecified atom stereocenters. The van der Waals surface area contributed by atoms with E-state index in [4.69, 9.17) is 4.98 Å². The number of H-pyrrole nitrogens is 1. The lowest BCUT2D eigenvalue weighted by Gasteiger charge is -2.14. The van der Waals surface area contributed by atoms with Crippen LogP contribution in [0, 0.1) is 5.82 Å². The van der Waals surface area contributed by atoms with Crippen molar-refractivity contribution in [2.24, 2.45) is 0 Å². The van der Waals surface area contributed by atoms with E-state index in [1.165, 1.54) is 36.4 Å². The zero-order chi connectivity index (χ0) is 26.8. The molecular weight excluding hydrogens is 493 g/mol. The van der Waals surface area contributed by atoms with E-state index in [9.17, 15) is 17.6 Å². The number of hydrogen-bond donors (Lipinski definition) is 3. The second-order valence-corrected chi connectivity index (χ2v) is 11.8. The van der Waals surface area contributed by atoms with Crippen molar-refractivity contribution in [3.8, 4) is 22.5 Å². The lowest BCUT2D eigenvalue weighted by molar-refractivity contribution is 0.262. The Kier molecular flexibility index (Phi) is 7.13. The maximum absolute atomic E-state index is 14.7. The van der Waals surface area contributed by atoms with Crippen LogP contribution in [0.3, 0.4) is 0 Å². The number of sulfone groups is 1. The standard InChI is InChI=1S/C27H28FN5O3S/c1-5-37(35,36)20-9-7-19(8-10-20)30-26(34)31-22-16-18(6-11-21(22)28)24-23(17-12-14-29-15-13-17)32-25(33-24)27(2,3)4/h6-16H,5H2,1-4H3,(H,32,33)(H2,30,31,34). The monoisotopic (exact) mass is 521 g/mol. The number of rotatable bonds is 6. The fourth-order valence-electron chi connectivity index (χ4n) is 3.63. The molecule has 2 amide bonds. The van der Waals surface area contributed by atoms with Crippen molar-refractivity contribution in [2.45, 2.75) is 38.0 Å². The van der Waals surface area contributed by atoms with Gasteiger partial charge in [-0.25, -0.2) is 22.6 Å². The van der Waals surface area contributed by atoms with E-state index >= 15 is 0 Å². The van der Waals surface area contributed by atoms with Gasteiger partial charge in [0, 0.05) is 34.6 Å². The first-order valence-corrected chi connectivity index (χ1v) is 13.3. The Morgan fingerprint density at radius 1 is 0.973 bits per heavy atom. The highest BCUT2D eigenvalue weighted by molar-refractivity contribution is 7.91. The van der Waals surface area contributed by atoms with Crippen LogP contribution in [0.1, 0.15) is 33.5 Å². The van der Waals surface area contributed by atoms with Gasteiger partial charge in [0.2, 0.25) is 0 Å². The van der Waals surface area contributed by atoms with Gasteiger partial charge in [-0.15, -0.1) is 0 Å². The predicted octanol–water partition coefficient (Wildman–Crippen LogP) is 6.01. The number of imidazole rings is 1. The van der Waals surface area contributed by atoms with Crippen molar-refractivity contribution < 1.29 is 17.6 Å². The smallest absolute Gasteiger partial charge is 0.323 e. The van der Waals surface area contributed by atoms with Gasteiger partial charge in [0.05, 0.1) is 27.7 Å². The van der Waals surface area contributed by atoms with Crippen molar-refractivity contribution in [2.75, 3.05) is 16.4 Å². The first-order valence-electron chi connectivity index (χ1n) is 11.7. The molecule has 0 spiro atoms. The number of halogens is 1. The molecule has 0 saturated heterocycles. The summed E-state index contributed by atoms with van der Waals surface area (Å²) in [5, 5.41) is 5.12. The van der Waals surface area contributed by atoms with E-state index in [0.717, 1.165) is 17.1 Å². The van der Waals surface area contributed by atoms with Crippen LogP contribution in [0.15, 0.2) is 71.9 Å². The van der Waals surface area contributed by atoms with Crippen molar-refractivity contribution in [1.29, 1.82) is 0 Å². The Bertz CT molecular complexity index is 1530. The number of amides is 2. The minimum absolute atomic E-state index is 0.0218. The minimum atomic E-state index is -3.35. The Morgan fingerprint density at radius 2 is 1.65 bits per heavy atom. The third-order valence-electron chi connectivity index (χ3n) is 5.72. The van der Waals surface area contributed by atoms with Crippen molar-refractivity contribution >= 4 is 27.2 Å². The number of nitrogens with one attached hydrogen (secondary N) is 3. The number of urea groups is 1. The number of aromatic amines is 1. The highest BCUT2D eigenvalue weighted by Gasteiger charge is 2.23. The van der Waals surface area contributed by atoms with E-state index in [0.29, 0.717) is 16.9 Å². The van der Waals surface area contributed by atoms with Gasteiger partial charge in [-0.2, -0.15) is 0 Å². The summed E-state index contributed by atoms with van der Waals surface area (Å²) in [7, 11) is -3.35. The maximum atomic E-state index is 14.7. The third kappa shape index (κ3) is 5.86. The van der Waals surface area contributed by atoms with Gasteiger partial charge in [-0.1, -0.05) is 27.7 Å².